The number of aliphatic hydroxyl groups is 2. The van der Waals surface area contributed by atoms with E-state index in [0.29, 0.717) is 23.7 Å². The number of fused-ring (bicyclic) bond motifs is 4. The summed E-state index contributed by atoms with van der Waals surface area (Å²) in [6.45, 7) is 0. The molecule has 35 heavy (non-hydrogen) atoms. The third-order valence-corrected chi connectivity index (χ3v) is 7.92. The van der Waals surface area contributed by atoms with Crippen molar-refractivity contribution in [1.29, 1.82) is 0 Å². The minimum absolute atomic E-state index is 0.0657. The van der Waals surface area contributed by atoms with E-state index < -0.39 is 12.2 Å². The molecule has 8 nitrogen and oxygen atoms in total. The SMILES string of the molecule is Nc1nc2cc(CCC3CC(n4c5ccccc5c5c(N)ncnc54)[C@@H](O)C3O)ccc2cc1Br. The number of benzene rings is 2. The number of hydrogen-bond acceptors (Lipinski definition) is 7. The van der Waals surface area contributed by atoms with Crippen LogP contribution in [0.3, 0.4) is 0 Å². The molecule has 2 aromatic carbocycles. The first-order valence-corrected chi connectivity index (χ1v) is 12.4. The molecule has 9 heteroatoms. The number of pyridine rings is 1. The number of hydrogen-bond donors (Lipinski definition) is 4. The van der Waals surface area contributed by atoms with E-state index in [1.54, 1.807) is 0 Å². The summed E-state index contributed by atoms with van der Waals surface area (Å²) in [5, 5.41) is 24.8. The fourth-order valence-corrected chi connectivity index (χ4v) is 5.86. The van der Waals surface area contributed by atoms with Gasteiger partial charge in [0.15, 0.2) is 0 Å². The van der Waals surface area contributed by atoms with Crippen LogP contribution in [-0.2, 0) is 6.42 Å². The van der Waals surface area contributed by atoms with Gasteiger partial charge in [0.1, 0.15) is 29.7 Å². The summed E-state index contributed by atoms with van der Waals surface area (Å²) in [6, 6.07) is 15.7. The smallest absolute Gasteiger partial charge is 0.146 e. The topological polar surface area (TPSA) is 136 Å². The Balaban J connectivity index is 1.29. The maximum atomic E-state index is 11.1. The highest BCUT2D eigenvalue weighted by Crippen LogP contribution is 2.43. The highest BCUT2D eigenvalue weighted by atomic mass is 79.9. The van der Waals surface area contributed by atoms with Gasteiger partial charge < -0.3 is 26.2 Å². The predicted molar refractivity (Wildman–Crippen MR) is 141 cm³/mol. The van der Waals surface area contributed by atoms with Gasteiger partial charge in [0, 0.05) is 10.8 Å². The van der Waals surface area contributed by atoms with Crippen molar-refractivity contribution in [2.24, 2.45) is 5.92 Å². The van der Waals surface area contributed by atoms with Crippen molar-refractivity contribution in [3.05, 3.63) is 64.9 Å². The van der Waals surface area contributed by atoms with Gasteiger partial charge in [0.05, 0.1) is 33.0 Å². The number of halogens is 1. The number of nitrogens with two attached hydrogens (primary N) is 2. The Morgan fingerprint density at radius 2 is 1.83 bits per heavy atom. The molecule has 178 valence electrons. The molecule has 6 rings (SSSR count). The van der Waals surface area contributed by atoms with Gasteiger partial charge in [-0.05, 0) is 64.9 Å². The highest BCUT2D eigenvalue weighted by Gasteiger charge is 2.43. The van der Waals surface area contributed by atoms with Gasteiger partial charge in [0.2, 0.25) is 0 Å². The normalized spacial score (nSPS) is 22.5. The van der Waals surface area contributed by atoms with E-state index in [1.807, 2.05) is 47.0 Å². The first-order chi connectivity index (χ1) is 16.9. The quantitative estimate of drug-likeness (QED) is 0.274. The van der Waals surface area contributed by atoms with Crippen molar-refractivity contribution in [1.82, 2.24) is 19.5 Å². The van der Waals surface area contributed by atoms with Crippen molar-refractivity contribution in [3.63, 3.8) is 0 Å². The first kappa shape index (κ1) is 22.2. The van der Waals surface area contributed by atoms with Crippen LogP contribution in [0.5, 0.6) is 0 Å². The average Bonchev–Trinajstić information content (AvgIpc) is 3.33. The molecule has 3 heterocycles. The van der Waals surface area contributed by atoms with Crippen LogP contribution in [0.4, 0.5) is 11.6 Å². The van der Waals surface area contributed by atoms with Crippen LogP contribution in [-0.4, -0.2) is 41.9 Å². The van der Waals surface area contributed by atoms with E-state index in [0.717, 1.165) is 50.1 Å². The Morgan fingerprint density at radius 3 is 2.69 bits per heavy atom. The predicted octanol–water partition coefficient (Wildman–Crippen LogP) is 3.98. The molecule has 1 aliphatic carbocycles. The molecule has 0 amide bonds. The van der Waals surface area contributed by atoms with E-state index >= 15 is 0 Å². The Morgan fingerprint density at radius 1 is 1.00 bits per heavy atom. The second kappa shape index (κ2) is 8.44. The first-order valence-electron chi connectivity index (χ1n) is 11.6. The van der Waals surface area contributed by atoms with Gasteiger partial charge in [0.25, 0.3) is 0 Å². The Kier molecular flexibility index (Phi) is 5.36. The molecule has 0 bridgehead atoms. The van der Waals surface area contributed by atoms with Gasteiger partial charge in [-0.25, -0.2) is 15.0 Å². The second-order valence-corrected chi connectivity index (χ2v) is 10.2. The molecule has 1 aliphatic rings. The van der Waals surface area contributed by atoms with Gasteiger partial charge in [-0.3, -0.25) is 0 Å². The lowest BCUT2D eigenvalue weighted by Gasteiger charge is -2.20. The number of anilines is 2. The molecule has 6 N–H and O–H groups in total. The molecule has 0 saturated heterocycles. The number of rotatable bonds is 4. The van der Waals surface area contributed by atoms with Crippen LogP contribution in [0, 0.1) is 5.92 Å². The van der Waals surface area contributed by atoms with Crippen LogP contribution < -0.4 is 11.5 Å². The van der Waals surface area contributed by atoms with Crippen LogP contribution in [0.25, 0.3) is 32.8 Å². The zero-order chi connectivity index (χ0) is 24.3. The molecular formula is C26H25BrN6O2. The number of nitrogens with zero attached hydrogens (tertiary/aromatic N) is 4. The monoisotopic (exact) mass is 532 g/mol. The third-order valence-electron chi connectivity index (χ3n) is 7.29. The Bertz CT molecular complexity index is 1590. The summed E-state index contributed by atoms with van der Waals surface area (Å²) in [5.74, 6) is 0.804. The van der Waals surface area contributed by atoms with Crippen LogP contribution >= 0.6 is 15.9 Å². The number of aliphatic hydroxyl groups excluding tert-OH is 2. The van der Waals surface area contributed by atoms with Crippen molar-refractivity contribution >= 4 is 60.4 Å². The lowest BCUT2D eigenvalue weighted by molar-refractivity contribution is 0.00595. The van der Waals surface area contributed by atoms with E-state index in [1.165, 1.54) is 6.33 Å². The van der Waals surface area contributed by atoms with Crippen molar-refractivity contribution < 1.29 is 10.2 Å². The molecule has 0 aliphatic heterocycles. The third kappa shape index (κ3) is 3.62. The maximum absolute atomic E-state index is 11.1. The summed E-state index contributed by atoms with van der Waals surface area (Å²) in [4.78, 5) is 13.1. The van der Waals surface area contributed by atoms with Crippen molar-refractivity contribution in [2.75, 3.05) is 11.5 Å². The zero-order valence-electron chi connectivity index (χ0n) is 18.8. The molecule has 4 atom stereocenters. The molecule has 5 aromatic rings. The second-order valence-electron chi connectivity index (χ2n) is 9.31. The number of para-hydroxylation sites is 1. The Hall–Kier alpha value is -3.27. The largest absolute Gasteiger partial charge is 0.390 e. The van der Waals surface area contributed by atoms with Gasteiger partial charge >= 0.3 is 0 Å². The van der Waals surface area contributed by atoms with Crippen molar-refractivity contribution in [2.45, 2.75) is 37.5 Å². The summed E-state index contributed by atoms with van der Waals surface area (Å²) in [6.07, 6.45) is 1.83. The minimum Gasteiger partial charge on any atom is -0.390 e. The molecule has 1 fully saturated rings. The summed E-state index contributed by atoms with van der Waals surface area (Å²) in [5.41, 5.74) is 15.7. The van der Waals surface area contributed by atoms with Gasteiger partial charge in [-0.2, -0.15) is 0 Å². The number of aryl methyl sites for hydroxylation is 1. The molecule has 1 saturated carbocycles. The fourth-order valence-electron chi connectivity index (χ4n) is 5.53. The van der Waals surface area contributed by atoms with Crippen molar-refractivity contribution in [3.8, 4) is 0 Å². The van der Waals surface area contributed by atoms with E-state index in [2.05, 4.69) is 36.9 Å². The summed E-state index contributed by atoms with van der Waals surface area (Å²) in [7, 11) is 0. The fraction of sp³-hybridized carbons (Fsp3) is 0.269. The van der Waals surface area contributed by atoms with E-state index in [9.17, 15) is 10.2 Å². The van der Waals surface area contributed by atoms with Crippen LogP contribution in [0.1, 0.15) is 24.4 Å². The molecular weight excluding hydrogens is 508 g/mol. The molecule has 0 radical (unpaired) electrons. The van der Waals surface area contributed by atoms with E-state index in [4.69, 9.17) is 11.5 Å². The molecule has 3 unspecified atom stereocenters. The summed E-state index contributed by atoms with van der Waals surface area (Å²) >= 11 is 3.42. The van der Waals surface area contributed by atoms with Gasteiger partial charge in [-0.15, -0.1) is 0 Å². The molecule has 0 spiro atoms. The lowest BCUT2D eigenvalue weighted by Crippen LogP contribution is -2.29. The standard InChI is InChI=1S/C26H25BrN6O2/c27-17-10-14-7-5-13(9-18(14)32-24(17)28)6-8-15-11-20(23(35)22(15)34)33-19-4-2-1-3-16(19)21-25(29)30-12-31-26(21)33/h1-5,7,9-10,12,15,20,22-23,34-35H,6,8,11H2,(H2,28,32)(H2,29,30,31)/t15?,20?,22?,23-/m1/s1. The summed E-state index contributed by atoms with van der Waals surface area (Å²) < 4.78 is 2.81. The maximum Gasteiger partial charge on any atom is 0.146 e. The molecule has 3 aromatic heterocycles. The van der Waals surface area contributed by atoms with Crippen LogP contribution in [0.2, 0.25) is 0 Å². The highest BCUT2D eigenvalue weighted by molar-refractivity contribution is 9.10. The number of nitrogen functional groups attached to an aromatic ring is 2. The lowest BCUT2D eigenvalue weighted by atomic mass is 9.95. The van der Waals surface area contributed by atoms with E-state index in [-0.39, 0.29) is 12.0 Å². The van der Waals surface area contributed by atoms with Crippen LogP contribution in [0.15, 0.2) is 59.3 Å². The average molecular weight is 533 g/mol. The minimum atomic E-state index is -0.911. The number of aromatic nitrogens is 4. The Labute approximate surface area is 209 Å². The van der Waals surface area contributed by atoms with Gasteiger partial charge in [-0.1, -0.05) is 30.3 Å². The zero-order valence-corrected chi connectivity index (χ0v) is 20.4.